The summed E-state index contributed by atoms with van der Waals surface area (Å²) in [5, 5.41) is 2.64. The fraction of sp³-hybridized carbons (Fsp3) is 0.417. The van der Waals surface area contributed by atoms with Gasteiger partial charge in [0.1, 0.15) is 0 Å². The van der Waals surface area contributed by atoms with E-state index < -0.39 is 0 Å². The zero-order chi connectivity index (χ0) is 12.0. The quantitative estimate of drug-likeness (QED) is 0.835. The Labute approximate surface area is 110 Å². The second-order valence-corrected chi connectivity index (χ2v) is 4.85. The van der Waals surface area contributed by atoms with E-state index in [2.05, 4.69) is 64.0 Å². The van der Waals surface area contributed by atoms with Crippen molar-refractivity contribution in [3.8, 4) is 0 Å². The molecule has 0 aliphatic heterocycles. The largest absolute Gasteiger partial charge is 0.358 e. The molecule has 1 amide bonds. The van der Waals surface area contributed by atoms with Gasteiger partial charge in [0.15, 0.2) is 0 Å². The number of hydrogen-bond donors (Lipinski definition) is 1. The maximum atomic E-state index is 11.3. The Hall–Kier alpha value is -0.620. The maximum Gasteiger partial charge on any atom is 0.233 e. The molecule has 0 saturated carbocycles. The molecule has 1 N–H and O–H groups in total. The Morgan fingerprint density at radius 1 is 1.38 bits per heavy atom. The average molecular weight is 332 g/mol. The van der Waals surface area contributed by atoms with Crippen LogP contribution in [0.1, 0.15) is 12.5 Å². The smallest absolute Gasteiger partial charge is 0.233 e. The number of carbonyl (C=O) groups is 1. The highest BCUT2D eigenvalue weighted by atomic mass is 127. The standard InChI is InChI=1S/C12H17IN2O/c1-3-15(9-12(16)14-2)8-10-4-6-11(13)7-5-10/h4-7H,3,8-9H2,1-2H3,(H,14,16). The van der Waals surface area contributed by atoms with E-state index in [9.17, 15) is 4.79 Å². The van der Waals surface area contributed by atoms with E-state index in [4.69, 9.17) is 0 Å². The van der Waals surface area contributed by atoms with Crippen molar-refractivity contribution in [2.45, 2.75) is 13.5 Å². The number of carbonyl (C=O) groups excluding carboxylic acids is 1. The number of amides is 1. The second-order valence-electron chi connectivity index (χ2n) is 3.60. The highest BCUT2D eigenvalue weighted by molar-refractivity contribution is 14.1. The molecule has 0 aliphatic rings. The van der Waals surface area contributed by atoms with Crippen molar-refractivity contribution >= 4 is 28.5 Å². The second kappa shape index (κ2) is 6.85. The molecule has 0 saturated heterocycles. The highest BCUT2D eigenvalue weighted by Gasteiger charge is 2.07. The molecular weight excluding hydrogens is 315 g/mol. The Balaban J connectivity index is 2.56. The molecule has 0 bridgehead atoms. The molecule has 16 heavy (non-hydrogen) atoms. The minimum absolute atomic E-state index is 0.0624. The SMILES string of the molecule is CCN(CC(=O)NC)Cc1ccc(I)cc1. The van der Waals surface area contributed by atoms with Gasteiger partial charge >= 0.3 is 0 Å². The summed E-state index contributed by atoms with van der Waals surface area (Å²) < 4.78 is 1.23. The number of halogens is 1. The van der Waals surface area contributed by atoms with Crippen LogP contribution >= 0.6 is 22.6 Å². The summed E-state index contributed by atoms with van der Waals surface area (Å²) >= 11 is 2.29. The summed E-state index contributed by atoms with van der Waals surface area (Å²) in [6.45, 7) is 4.22. The van der Waals surface area contributed by atoms with Gasteiger partial charge in [0, 0.05) is 17.2 Å². The zero-order valence-electron chi connectivity index (χ0n) is 9.66. The minimum atomic E-state index is 0.0624. The molecule has 0 radical (unpaired) electrons. The lowest BCUT2D eigenvalue weighted by atomic mass is 10.2. The van der Waals surface area contributed by atoms with E-state index in [1.165, 1.54) is 9.13 Å². The molecule has 0 aromatic heterocycles. The van der Waals surface area contributed by atoms with Gasteiger partial charge in [-0.1, -0.05) is 19.1 Å². The highest BCUT2D eigenvalue weighted by Crippen LogP contribution is 2.09. The molecular formula is C12H17IN2O. The van der Waals surface area contributed by atoms with E-state index >= 15 is 0 Å². The third-order valence-electron chi connectivity index (χ3n) is 2.41. The lowest BCUT2D eigenvalue weighted by Gasteiger charge is -2.19. The van der Waals surface area contributed by atoms with Gasteiger partial charge in [-0.2, -0.15) is 0 Å². The molecule has 0 spiro atoms. The lowest BCUT2D eigenvalue weighted by Crippen LogP contribution is -2.35. The molecule has 1 aromatic rings. The van der Waals surface area contributed by atoms with E-state index in [-0.39, 0.29) is 5.91 Å². The van der Waals surface area contributed by atoms with Crippen LogP contribution in [0.4, 0.5) is 0 Å². The Bertz CT molecular complexity index is 337. The van der Waals surface area contributed by atoms with Gasteiger partial charge in [-0.25, -0.2) is 0 Å². The normalized spacial score (nSPS) is 10.5. The summed E-state index contributed by atoms with van der Waals surface area (Å²) in [5.41, 5.74) is 1.24. The van der Waals surface area contributed by atoms with Crippen LogP contribution in [0.3, 0.4) is 0 Å². The van der Waals surface area contributed by atoms with Crippen LogP contribution < -0.4 is 5.32 Å². The molecule has 0 aliphatic carbocycles. The fourth-order valence-electron chi connectivity index (χ4n) is 1.41. The summed E-state index contributed by atoms with van der Waals surface area (Å²) in [5.74, 6) is 0.0624. The minimum Gasteiger partial charge on any atom is -0.358 e. The number of benzene rings is 1. The number of hydrogen-bond acceptors (Lipinski definition) is 2. The van der Waals surface area contributed by atoms with Crippen molar-refractivity contribution in [2.24, 2.45) is 0 Å². The number of nitrogens with zero attached hydrogens (tertiary/aromatic N) is 1. The van der Waals surface area contributed by atoms with Gasteiger partial charge in [-0.05, 0) is 46.8 Å². The van der Waals surface area contributed by atoms with Crippen molar-refractivity contribution in [1.82, 2.24) is 10.2 Å². The van der Waals surface area contributed by atoms with Crippen LogP contribution in [-0.4, -0.2) is 30.9 Å². The Morgan fingerprint density at radius 2 is 2.00 bits per heavy atom. The summed E-state index contributed by atoms with van der Waals surface area (Å²) in [7, 11) is 1.67. The fourth-order valence-corrected chi connectivity index (χ4v) is 1.77. The molecule has 1 aromatic carbocycles. The van der Waals surface area contributed by atoms with Gasteiger partial charge < -0.3 is 5.32 Å². The van der Waals surface area contributed by atoms with Crippen molar-refractivity contribution in [3.63, 3.8) is 0 Å². The summed E-state index contributed by atoms with van der Waals surface area (Å²) in [4.78, 5) is 13.4. The third kappa shape index (κ3) is 4.49. The van der Waals surface area contributed by atoms with Crippen molar-refractivity contribution in [2.75, 3.05) is 20.1 Å². The first-order chi connectivity index (χ1) is 7.65. The first-order valence-corrected chi connectivity index (χ1v) is 6.41. The molecule has 88 valence electrons. The maximum absolute atomic E-state index is 11.3. The van der Waals surface area contributed by atoms with Gasteiger partial charge in [-0.15, -0.1) is 0 Å². The van der Waals surface area contributed by atoms with E-state index in [0.29, 0.717) is 6.54 Å². The average Bonchev–Trinajstić information content (AvgIpc) is 2.30. The zero-order valence-corrected chi connectivity index (χ0v) is 11.8. The molecule has 0 fully saturated rings. The van der Waals surface area contributed by atoms with Crippen LogP contribution in [0.15, 0.2) is 24.3 Å². The van der Waals surface area contributed by atoms with Crippen LogP contribution in [0.25, 0.3) is 0 Å². The van der Waals surface area contributed by atoms with Crippen molar-refractivity contribution in [1.29, 1.82) is 0 Å². The predicted molar refractivity (Wildman–Crippen MR) is 74.2 cm³/mol. The van der Waals surface area contributed by atoms with Crippen molar-refractivity contribution < 1.29 is 4.79 Å². The Kier molecular flexibility index (Phi) is 5.76. The summed E-state index contributed by atoms with van der Waals surface area (Å²) in [6, 6.07) is 8.38. The van der Waals surface area contributed by atoms with Gasteiger partial charge in [0.2, 0.25) is 5.91 Å². The van der Waals surface area contributed by atoms with Crippen molar-refractivity contribution in [3.05, 3.63) is 33.4 Å². The van der Waals surface area contributed by atoms with Gasteiger partial charge in [0.05, 0.1) is 6.54 Å². The van der Waals surface area contributed by atoms with Gasteiger partial charge in [-0.3, -0.25) is 9.69 Å². The van der Waals surface area contributed by atoms with Crippen LogP contribution in [-0.2, 0) is 11.3 Å². The van der Waals surface area contributed by atoms with E-state index in [0.717, 1.165) is 13.1 Å². The van der Waals surface area contributed by atoms with Crippen LogP contribution in [0.5, 0.6) is 0 Å². The third-order valence-corrected chi connectivity index (χ3v) is 3.13. The monoisotopic (exact) mass is 332 g/mol. The van der Waals surface area contributed by atoms with E-state index in [1.807, 2.05) is 0 Å². The molecule has 4 heteroatoms. The summed E-state index contributed by atoms with van der Waals surface area (Å²) in [6.07, 6.45) is 0. The number of likely N-dealkylation sites (N-methyl/N-ethyl adjacent to an activating group) is 2. The number of rotatable bonds is 5. The first-order valence-electron chi connectivity index (χ1n) is 5.33. The Morgan fingerprint density at radius 3 is 2.50 bits per heavy atom. The topological polar surface area (TPSA) is 32.3 Å². The van der Waals surface area contributed by atoms with E-state index in [1.54, 1.807) is 7.05 Å². The number of nitrogens with one attached hydrogen (secondary N) is 1. The van der Waals surface area contributed by atoms with Gasteiger partial charge in [0.25, 0.3) is 0 Å². The predicted octanol–water partition coefficient (Wildman–Crippen LogP) is 1.86. The first kappa shape index (κ1) is 13.4. The molecule has 3 nitrogen and oxygen atoms in total. The molecule has 0 unspecified atom stereocenters. The van der Waals surface area contributed by atoms with Crippen LogP contribution in [0.2, 0.25) is 0 Å². The van der Waals surface area contributed by atoms with Crippen LogP contribution in [0, 0.1) is 3.57 Å². The molecule has 1 rings (SSSR count). The molecule has 0 heterocycles. The molecule has 0 atom stereocenters. The lowest BCUT2D eigenvalue weighted by molar-refractivity contribution is -0.121.